The third kappa shape index (κ3) is 1.88. The van der Waals surface area contributed by atoms with Crippen LogP contribution in [0.4, 0.5) is 0 Å². The van der Waals surface area contributed by atoms with Gasteiger partial charge < -0.3 is 10.2 Å². The molecule has 96 valence electrons. The van der Waals surface area contributed by atoms with E-state index in [-0.39, 0.29) is 5.41 Å². The Balaban J connectivity index is 1.80. The van der Waals surface area contributed by atoms with E-state index in [1.54, 1.807) is 0 Å². The summed E-state index contributed by atoms with van der Waals surface area (Å²) in [6.45, 7) is 1.47. The zero-order valence-electron chi connectivity index (χ0n) is 10.5. The molecule has 4 saturated carbocycles. The second-order valence-corrected chi connectivity index (χ2v) is 7.17. The molecule has 17 heavy (non-hydrogen) atoms. The fourth-order valence-electron chi connectivity index (χ4n) is 5.31. The van der Waals surface area contributed by atoms with Crippen molar-refractivity contribution < 1.29 is 15.0 Å². The molecule has 1 unspecified atom stereocenters. The van der Waals surface area contributed by atoms with E-state index in [9.17, 15) is 9.90 Å². The van der Waals surface area contributed by atoms with Gasteiger partial charge in [-0.1, -0.05) is 0 Å². The van der Waals surface area contributed by atoms with Crippen molar-refractivity contribution in [1.82, 2.24) is 0 Å². The van der Waals surface area contributed by atoms with Crippen LogP contribution in [0.5, 0.6) is 0 Å². The van der Waals surface area contributed by atoms with E-state index in [1.807, 2.05) is 0 Å². The highest BCUT2D eigenvalue weighted by molar-refractivity contribution is 5.76. The van der Waals surface area contributed by atoms with Crippen molar-refractivity contribution in [2.24, 2.45) is 23.2 Å². The van der Waals surface area contributed by atoms with E-state index < -0.39 is 11.6 Å². The minimum atomic E-state index is -1.54. The zero-order chi connectivity index (χ0) is 12.3. The topological polar surface area (TPSA) is 57.5 Å². The molecule has 0 saturated heterocycles. The predicted molar refractivity (Wildman–Crippen MR) is 63.5 cm³/mol. The summed E-state index contributed by atoms with van der Waals surface area (Å²) in [7, 11) is 0. The van der Waals surface area contributed by atoms with Crippen molar-refractivity contribution in [1.29, 1.82) is 0 Å². The number of carboxylic acid groups (broad SMARTS) is 1. The van der Waals surface area contributed by atoms with Crippen LogP contribution >= 0.6 is 0 Å². The molecule has 0 radical (unpaired) electrons. The van der Waals surface area contributed by atoms with E-state index in [2.05, 4.69) is 0 Å². The molecule has 0 aromatic rings. The van der Waals surface area contributed by atoms with Crippen molar-refractivity contribution >= 4 is 5.97 Å². The molecule has 0 amide bonds. The van der Waals surface area contributed by atoms with Gasteiger partial charge in [0.2, 0.25) is 0 Å². The summed E-state index contributed by atoms with van der Waals surface area (Å²) >= 11 is 0. The number of rotatable bonds is 3. The van der Waals surface area contributed by atoms with Crippen LogP contribution in [0.25, 0.3) is 0 Å². The SMILES string of the molecule is CC(O)(CC12CC3CC(CC(C3)C1)C2)C(=O)O. The molecule has 1 atom stereocenters. The van der Waals surface area contributed by atoms with Crippen LogP contribution in [0.1, 0.15) is 51.9 Å². The summed E-state index contributed by atoms with van der Waals surface area (Å²) in [5.41, 5.74) is -1.40. The maximum absolute atomic E-state index is 11.1. The third-order valence-corrected chi connectivity index (χ3v) is 5.35. The van der Waals surface area contributed by atoms with Crippen molar-refractivity contribution in [2.45, 2.75) is 57.5 Å². The average molecular weight is 238 g/mol. The van der Waals surface area contributed by atoms with Crippen LogP contribution in [0, 0.1) is 23.2 Å². The second-order valence-electron chi connectivity index (χ2n) is 7.17. The van der Waals surface area contributed by atoms with E-state index in [0.717, 1.165) is 37.0 Å². The lowest BCUT2D eigenvalue weighted by Gasteiger charge is -2.58. The molecular formula is C14H22O3. The number of carbonyl (C=O) groups is 1. The highest BCUT2D eigenvalue weighted by atomic mass is 16.4. The Morgan fingerprint density at radius 1 is 1.18 bits per heavy atom. The summed E-state index contributed by atoms with van der Waals surface area (Å²) in [4.78, 5) is 11.1. The molecule has 0 aliphatic heterocycles. The summed E-state index contributed by atoms with van der Waals surface area (Å²) in [6.07, 6.45) is 7.99. The number of aliphatic hydroxyl groups is 1. The lowest BCUT2D eigenvalue weighted by molar-refractivity contribution is -0.166. The van der Waals surface area contributed by atoms with Crippen LogP contribution in [-0.2, 0) is 4.79 Å². The Labute approximate surface area is 102 Å². The van der Waals surface area contributed by atoms with Gasteiger partial charge in [-0.3, -0.25) is 0 Å². The van der Waals surface area contributed by atoms with Crippen molar-refractivity contribution in [2.75, 3.05) is 0 Å². The van der Waals surface area contributed by atoms with Gasteiger partial charge in [0.05, 0.1) is 0 Å². The normalized spacial score (nSPS) is 46.8. The first-order valence-corrected chi connectivity index (χ1v) is 6.84. The van der Waals surface area contributed by atoms with E-state index in [4.69, 9.17) is 5.11 Å². The Hall–Kier alpha value is -0.570. The Kier molecular flexibility index (Phi) is 2.35. The largest absolute Gasteiger partial charge is 0.479 e. The molecule has 3 heteroatoms. The van der Waals surface area contributed by atoms with Crippen molar-refractivity contribution in [3.8, 4) is 0 Å². The Morgan fingerprint density at radius 3 is 1.94 bits per heavy atom. The second kappa shape index (κ2) is 3.47. The fraction of sp³-hybridized carbons (Fsp3) is 0.929. The fourth-order valence-corrected chi connectivity index (χ4v) is 5.31. The molecule has 0 aromatic carbocycles. The highest BCUT2D eigenvalue weighted by Gasteiger charge is 2.53. The molecule has 4 aliphatic rings. The van der Waals surface area contributed by atoms with Gasteiger partial charge in [-0.05, 0) is 75.0 Å². The van der Waals surface area contributed by atoms with Crippen molar-refractivity contribution in [3.63, 3.8) is 0 Å². The summed E-state index contributed by atoms with van der Waals surface area (Å²) < 4.78 is 0. The minimum Gasteiger partial charge on any atom is -0.479 e. The first-order chi connectivity index (χ1) is 7.89. The lowest BCUT2D eigenvalue weighted by Crippen LogP contribution is -2.51. The Morgan fingerprint density at radius 2 is 1.59 bits per heavy atom. The van der Waals surface area contributed by atoms with E-state index >= 15 is 0 Å². The summed E-state index contributed by atoms with van der Waals surface area (Å²) in [6, 6.07) is 0. The maximum Gasteiger partial charge on any atom is 0.335 e. The van der Waals surface area contributed by atoms with Gasteiger partial charge in [0.25, 0.3) is 0 Å². The number of hydrogen-bond acceptors (Lipinski definition) is 2. The number of hydrogen-bond donors (Lipinski definition) is 2. The van der Waals surface area contributed by atoms with Gasteiger partial charge in [-0.25, -0.2) is 4.79 Å². The molecule has 0 spiro atoms. The van der Waals surface area contributed by atoms with Gasteiger partial charge in [-0.2, -0.15) is 0 Å². The first kappa shape index (κ1) is 11.5. The molecule has 0 heterocycles. The molecule has 3 nitrogen and oxygen atoms in total. The summed E-state index contributed by atoms with van der Waals surface area (Å²) in [5.74, 6) is 1.37. The lowest BCUT2D eigenvalue weighted by atomic mass is 9.48. The summed E-state index contributed by atoms with van der Waals surface area (Å²) in [5, 5.41) is 19.1. The quantitative estimate of drug-likeness (QED) is 0.794. The number of aliphatic carboxylic acids is 1. The maximum atomic E-state index is 11.1. The van der Waals surface area contributed by atoms with Crippen LogP contribution in [-0.4, -0.2) is 21.8 Å². The molecule has 4 aliphatic carbocycles. The molecule has 0 aromatic heterocycles. The average Bonchev–Trinajstić information content (AvgIpc) is 2.12. The highest BCUT2D eigenvalue weighted by Crippen LogP contribution is 2.62. The third-order valence-electron chi connectivity index (χ3n) is 5.35. The smallest absolute Gasteiger partial charge is 0.335 e. The van der Waals surface area contributed by atoms with Gasteiger partial charge in [0.1, 0.15) is 0 Å². The van der Waals surface area contributed by atoms with E-state index in [0.29, 0.717) is 6.42 Å². The predicted octanol–water partition coefficient (Wildman–Crippen LogP) is 2.43. The minimum absolute atomic E-state index is 0.136. The standard InChI is InChI=1S/C14H22O3/c1-13(17,12(15)16)8-14-5-9-2-10(6-14)4-11(3-9)7-14/h9-11,17H,2-8H2,1H3,(H,15,16). The van der Waals surface area contributed by atoms with Crippen LogP contribution in [0.3, 0.4) is 0 Å². The van der Waals surface area contributed by atoms with Crippen LogP contribution in [0.15, 0.2) is 0 Å². The number of carboxylic acids is 1. The molecule has 4 rings (SSSR count). The van der Waals surface area contributed by atoms with Gasteiger partial charge in [-0.15, -0.1) is 0 Å². The van der Waals surface area contributed by atoms with Gasteiger partial charge in [0.15, 0.2) is 5.60 Å². The molecular weight excluding hydrogens is 216 g/mol. The first-order valence-electron chi connectivity index (χ1n) is 6.84. The van der Waals surface area contributed by atoms with Crippen molar-refractivity contribution in [3.05, 3.63) is 0 Å². The molecule has 4 fully saturated rings. The Bertz CT molecular complexity index is 310. The molecule has 4 bridgehead atoms. The molecule has 2 N–H and O–H groups in total. The zero-order valence-corrected chi connectivity index (χ0v) is 10.5. The van der Waals surface area contributed by atoms with Crippen LogP contribution < -0.4 is 0 Å². The van der Waals surface area contributed by atoms with Crippen LogP contribution in [0.2, 0.25) is 0 Å². The van der Waals surface area contributed by atoms with Gasteiger partial charge in [0, 0.05) is 0 Å². The van der Waals surface area contributed by atoms with Gasteiger partial charge >= 0.3 is 5.97 Å². The van der Waals surface area contributed by atoms with E-state index in [1.165, 1.54) is 26.2 Å². The monoisotopic (exact) mass is 238 g/mol.